The summed E-state index contributed by atoms with van der Waals surface area (Å²) in [4.78, 5) is 0. The molecule has 3 atom stereocenters. The Balaban J connectivity index is 1.94. The van der Waals surface area contributed by atoms with Crippen LogP contribution in [0.4, 0.5) is 0 Å². The minimum Gasteiger partial charge on any atom is -0.0622 e. The molecule has 3 rings (SSSR count). The normalized spacial score (nSPS) is 54.3. The van der Waals surface area contributed by atoms with Crippen molar-refractivity contribution in [2.24, 2.45) is 23.2 Å². The van der Waals surface area contributed by atoms with Crippen LogP contribution >= 0.6 is 0 Å². The predicted octanol–water partition coefficient (Wildman–Crippen LogP) is 2.83. The van der Waals surface area contributed by atoms with Crippen LogP contribution in [0.1, 0.15) is 39.0 Å². The average Bonchev–Trinajstić information content (AvgIpc) is 2.36. The fourth-order valence-electron chi connectivity index (χ4n) is 3.86. The lowest BCUT2D eigenvalue weighted by atomic mass is 9.79. The van der Waals surface area contributed by atoms with E-state index in [0.717, 1.165) is 23.2 Å². The summed E-state index contributed by atoms with van der Waals surface area (Å²) in [6, 6.07) is 0. The zero-order valence-corrected chi connectivity index (χ0v) is 6.77. The second-order valence-electron chi connectivity index (χ2n) is 4.99. The molecule has 10 heavy (non-hydrogen) atoms. The first kappa shape index (κ1) is 5.62. The molecule has 3 unspecified atom stereocenters. The van der Waals surface area contributed by atoms with Crippen molar-refractivity contribution in [1.82, 2.24) is 0 Å². The van der Waals surface area contributed by atoms with E-state index in [1.165, 1.54) is 0 Å². The maximum Gasteiger partial charge on any atom is -0.0263 e. The van der Waals surface area contributed by atoms with Gasteiger partial charge in [-0.2, -0.15) is 0 Å². The van der Waals surface area contributed by atoms with Crippen molar-refractivity contribution < 1.29 is 0 Å². The van der Waals surface area contributed by atoms with Crippen LogP contribution in [-0.2, 0) is 0 Å². The average molecular weight is 136 g/mol. The van der Waals surface area contributed by atoms with Crippen molar-refractivity contribution in [3.63, 3.8) is 0 Å². The molecule has 0 heteroatoms. The van der Waals surface area contributed by atoms with Gasteiger partial charge in [-0.05, 0) is 55.3 Å². The van der Waals surface area contributed by atoms with Gasteiger partial charge in [0.1, 0.15) is 0 Å². The van der Waals surface area contributed by atoms with Crippen LogP contribution in [0.25, 0.3) is 0 Å². The van der Waals surface area contributed by atoms with E-state index < -0.39 is 0 Å². The minimum atomic E-state index is 0.933. The first-order valence-corrected chi connectivity index (χ1v) is 4.80. The molecule has 0 radical (unpaired) electrons. The quantitative estimate of drug-likeness (QED) is 0.480. The number of rotatable bonds is 0. The van der Waals surface area contributed by atoms with Crippen molar-refractivity contribution in [2.75, 3.05) is 0 Å². The fraction of sp³-hybridized carbons (Fsp3) is 1.00. The topological polar surface area (TPSA) is 0 Å². The molecule has 0 nitrogen and oxygen atoms in total. The van der Waals surface area contributed by atoms with Gasteiger partial charge in [0, 0.05) is 0 Å². The van der Waals surface area contributed by atoms with E-state index in [4.69, 9.17) is 0 Å². The van der Waals surface area contributed by atoms with E-state index in [1.54, 1.807) is 32.1 Å². The van der Waals surface area contributed by atoms with Gasteiger partial charge in [0.2, 0.25) is 0 Å². The largest absolute Gasteiger partial charge is 0.0622 e. The van der Waals surface area contributed by atoms with Crippen LogP contribution in [0.3, 0.4) is 0 Å². The lowest BCUT2D eigenvalue weighted by molar-refractivity contribution is 0.233. The molecule has 2 bridgehead atoms. The maximum absolute atomic E-state index is 2.48. The smallest absolute Gasteiger partial charge is 0.0263 e. The highest BCUT2D eigenvalue weighted by Crippen LogP contribution is 2.69. The van der Waals surface area contributed by atoms with Crippen molar-refractivity contribution in [2.45, 2.75) is 39.0 Å². The fourth-order valence-corrected chi connectivity index (χ4v) is 3.86. The molecule has 0 aromatic carbocycles. The van der Waals surface area contributed by atoms with E-state index in [-0.39, 0.29) is 0 Å². The number of hydrogen-bond donors (Lipinski definition) is 0. The molecular weight excluding hydrogens is 120 g/mol. The summed E-state index contributed by atoms with van der Waals surface area (Å²) in [6.45, 7) is 2.48. The molecule has 56 valence electrons. The SMILES string of the molecule is CC1CC2CC1C1(CC1)C2. The maximum atomic E-state index is 2.48. The zero-order chi connectivity index (χ0) is 6.77. The lowest BCUT2D eigenvalue weighted by Crippen LogP contribution is -2.18. The Hall–Kier alpha value is 0. The summed E-state index contributed by atoms with van der Waals surface area (Å²) >= 11 is 0. The number of fused-ring (bicyclic) bond motifs is 3. The molecule has 3 aliphatic rings. The molecule has 3 fully saturated rings. The van der Waals surface area contributed by atoms with E-state index in [2.05, 4.69) is 6.92 Å². The first-order chi connectivity index (χ1) is 4.80. The summed E-state index contributed by atoms with van der Waals surface area (Å²) in [5, 5.41) is 0. The van der Waals surface area contributed by atoms with Crippen LogP contribution in [-0.4, -0.2) is 0 Å². The van der Waals surface area contributed by atoms with E-state index in [9.17, 15) is 0 Å². The molecule has 0 N–H and O–H groups in total. The van der Waals surface area contributed by atoms with Crippen LogP contribution in [0.2, 0.25) is 0 Å². The highest BCUT2D eigenvalue weighted by Gasteiger charge is 2.59. The Morgan fingerprint density at radius 3 is 2.40 bits per heavy atom. The Kier molecular flexibility index (Phi) is 0.810. The van der Waals surface area contributed by atoms with Crippen molar-refractivity contribution >= 4 is 0 Å². The van der Waals surface area contributed by atoms with Crippen LogP contribution in [0.15, 0.2) is 0 Å². The molecule has 1 spiro atoms. The monoisotopic (exact) mass is 136 g/mol. The van der Waals surface area contributed by atoms with Gasteiger partial charge in [0.15, 0.2) is 0 Å². The Morgan fingerprint density at radius 1 is 1.20 bits per heavy atom. The van der Waals surface area contributed by atoms with Gasteiger partial charge in [0.05, 0.1) is 0 Å². The zero-order valence-electron chi connectivity index (χ0n) is 6.77. The van der Waals surface area contributed by atoms with Crippen LogP contribution < -0.4 is 0 Å². The van der Waals surface area contributed by atoms with E-state index in [0.29, 0.717) is 0 Å². The molecular formula is C10H16. The minimum absolute atomic E-state index is 0.933. The van der Waals surface area contributed by atoms with Crippen molar-refractivity contribution in [1.29, 1.82) is 0 Å². The second-order valence-corrected chi connectivity index (χ2v) is 4.99. The number of hydrogen-bond acceptors (Lipinski definition) is 0. The standard InChI is InChI=1S/C10H16/c1-7-4-8-5-9(7)10(6-8)2-3-10/h7-9H,2-6H2,1H3. The van der Waals surface area contributed by atoms with Crippen LogP contribution in [0.5, 0.6) is 0 Å². The van der Waals surface area contributed by atoms with Crippen molar-refractivity contribution in [3.05, 3.63) is 0 Å². The van der Waals surface area contributed by atoms with Gasteiger partial charge in [0.25, 0.3) is 0 Å². The molecule has 0 aliphatic heterocycles. The highest BCUT2D eigenvalue weighted by molar-refractivity contribution is 5.10. The van der Waals surface area contributed by atoms with Gasteiger partial charge in [-0.1, -0.05) is 6.92 Å². The van der Waals surface area contributed by atoms with Crippen molar-refractivity contribution in [3.8, 4) is 0 Å². The highest BCUT2D eigenvalue weighted by atomic mass is 14.6. The van der Waals surface area contributed by atoms with Gasteiger partial charge in [-0.15, -0.1) is 0 Å². The molecule has 0 aromatic heterocycles. The Labute approximate surface area is 63.0 Å². The third kappa shape index (κ3) is 0.500. The van der Waals surface area contributed by atoms with Gasteiger partial charge < -0.3 is 0 Å². The Morgan fingerprint density at radius 2 is 2.00 bits per heavy atom. The molecule has 0 saturated heterocycles. The summed E-state index contributed by atoms with van der Waals surface area (Å²) in [7, 11) is 0. The third-order valence-electron chi connectivity index (χ3n) is 4.35. The Bertz CT molecular complexity index is 167. The molecule has 0 aromatic rings. The molecule has 0 heterocycles. The summed E-state index contributed by atoms with van der Waals surface area (Å²) in [5.74, 6) is 3.40. The molecule has 0 amide bonds. The summed E-state index contributed by atoms with van der Waals surface area (Å²) < 4.78 is 0. The predicted molar refractivity (Wildman–Crippen MR) is 41.7 cm³/mol. The third-order valence-corrected chi connectivity index (χ3v) is 4.35. The van der Waals surface area contributed by atoms with Gasteiger partial charge >= 0.3 is 0 Å². The summed E-state index contributed by atoms with van der Waals surface area (Å²) in [5.41, 5.74) is 0.933. The van der Waals surface area contributed by atoms with Gasteiger partial charge in [-0.3, -0.25) is 0 Å². The summed E-state index contributed by atoms with van der Waals surface area (Å²) in [6.07, 6.45) is 7.94. The lowest BCUT2D eigenvalue weighted by Gasteiger charge is -2.26. The van der Waals surface area contributed by atoms with E-state index in [1.807, 2.05) is 0 Å². The second kappa shape index (κ2) is 1.44. The van der Waals surface area contributed by atoms with Crippen LogP contribution in [0, 0.1) is 23.2 Å². The van der Waals surface area contributed by atoms with E-state index >= 15 is 0 Å². The molecule has 3 aliphatic carbocycles. The first-order valence-electron chi connectivity index (χ1n) is 4.80. The molecule has 3 saturated carbocycles. The van der Waals surface area contributed by atoms with Gasteiger partial charge in [-0.25, -0.2) is 0 Å².